The smallest absolute Gasteiger partial charge is 0.309 e. The van der Waals surface area contributed by atoms with E-state index in [2.05, 4.69) is 23.7 Å². The SMILES string of the molecule is Cc1cc(CN2CCc3oc(C(=O)N4C[C@H](C)C[C@H](C)C4)nc3C2)ccc1F. The molecule has 0 bridgehead atoms. The number of oxazole rings is 1. The van der Waals surface area contributed by atoms with Crippen LogP contribution < -0.4 is 0 Å². The van der Waals surface area contributed by atoms with Gasteiger partial charge in [0.15, 0.2) is 0 Å². The van der Waals surface area contributed by atoms with Crippen LogP contribution in [-0.2, 0) is 19.5 Å². The molecule has 6 heteroatoms. The zero-order valence-corrected chi connectivity index (χ0v) is 16.9. The minimum absolute atomic E-state index is 0.0893. The van der Waals surface area contributed by atoms with Crippen LogP contribution >= 0.6 is 0 Å². The van der Waals surface area contributed by atoms with Gasteiger partial charge in [-0.1, -0.05) is 26.0 Å². The van der Waals surface area contributed by atoms with E-state index in [4.69, 9.17) is 4.42 Å². The van der Waals surface area contributed by atoms with Crippen LogP contribution in [0.4, 0.5) is 4.39 Å². The number of likely N-dealkylation sites (tertiary alicyclic amines) is 1. The molecule has 1 fully saturated rings. The summed E-state index contributed by atoms with van der Waals surface area (Å²) in [5, 5.41) is 0. The van der Waals surface area contributed by atoms with Crippen LogP contribution in [0.2, 0.25) is 0 Å². The van der Waals surface area contributed by atoms with Crippen molar-refractivity contribution in [2.75, 3.05) is 19.6 Å². The van der Waals surface area contributed by atoms with Crippen LogP contribution in [0, 0.1) is 24.6 Å². The molecule has 0 aliphatic carbocycles. The van der Waals surface area contributed by atoms with E-state index in [1.807, 2.05) is 17.0 Å². The number of fused-ring (bicyclic) bond motifs is 1. The Morgan fingerprint density at radius 3 is 2.75 bits per heavy atom. The third-order valence-corrected chi connectivity index (χ3v) is 5.77. The Labute approximate surface area is 165 Å². The predicted molar refractivity (Wildman–Crippen MR) is 104 cm³/mol. The molecule has 0 unspecified atom stereocenters. The number of aryl methyl sites for hydroxylation is 1. The van der Waals surface area contributed by atoms with Crippen LogP contribution in [-0.4, -0.2) is 40.3 Å². The first-order chi connectivity index (χ1) is 13.4. The summed E-state index contributed by atoms with van der Waals surface area (Å²) in [7, 11) is 0. The first-order valence-corrected chi connectivity index (χ1v) is 10.1. The van der Waals surface area contributed by atoms with Crippen molar-refractivity contribution in [2.45, 2.75) is 46.7 Å². The Hall–Kier alpha value is -2.21. The lowest BCUT2D eigenvalue weighted by Crippen LogP contribution is -2.42. The molecule has 1 aromatic heterocycles. The van der Waals surface area contributed by atoms with Crippen molar-refractivity contribution in [1.82, 2.24) is 14.8 Å². The highest BCUT2D eigenvalue weighted by atomic mass is 19.1. The van der Waals surface area contributed by atoms with Gasteiger partial charge in [0.1, 0.15) is 11.6 Å². The van der Waals surface area contributed by atoms with Crippen molar-refractivity contribution >= 4 is 5.91 Å². The topological polar surface area (TPSA) is 49.6 Å². The van der Waals surface area contributed by atoms with Crippen molar-refractivity contribution in [2.24, 2.45) is 11.8 Å². The molecular weight excluding hydrogens is 357 g/mol. The maximum Gasteiger partial charge on any atom is 0.309 e. The number of hydrogen-bond acceptors (Lipinski definition) is 4. The average molecular weight is 385 g/mol. The van der Waals surface area contributed by atoms with Gasteiger partial charge in [-0.05, 0) is 42.4 Å². The molecule has 2 atom stereocenters. The highest BCUT2D eigenvalue weighted by Crippen LogP contribution is 2.25. The van der Waals surface area contributed by atoms with Gasteiger partial charge in [0.05, 0.1) is 5.69 Å². The summed E-state index contributed by atoms with van der Waals surface area (Å²) < 4.78 is 19.3. The fourth-order valence-electron chi connectivity index (χ4n) is 4.51. The van der Waals surface area contributed by atoms with E-state index in [1.54, 1.807) is 6.92 Å². The molecule has 4 rings (SSSR count). The van der Waals surface area contributed by atoms with Crippen molar-refractivity contribution in [3.63, 3.8) is 0 Å². The first kappa shape index (κ1) is 19.1. The van der Waals surface area contributed by atoms with E-state index >= 15 is 0 Å². The molecule has 2 aromatic rings. The number of carbonyl (C=O) groups excluding carboxylic acids is 1. The maximum atomic E-state index is 13.5. The molecule has 28 heavy (non-hydrogen) atoms. The van der Waals surface area contributed by atoms with Crippen molar-refractivity contribution < 1.29 is 13.6 Å². The van der Waals surface area contributed by atoms with E-state index in [9.17, 15) is 9.18 Å². The van der Waals surface area contributed by atoms with Gasteiger partial charge in [-0.3, -0.25) is 9.69 Å². The molecule has 150 valence electrons. The number of benzene rings is 1. The summed E-state index contributed by atoms with van der Waals surface area (Å²) in [6, 6.07) is 5.24. The molecular formula is C22H28FN3O2. The fourth-order valence-corrected chi connectivity index (χ4v) is 4.51. The second-order valence-corrected chi connectivity index (χ2v) is 8.59. The third kappa shape index (κ3) is 3.97. The highest BCUT2D eigenvalue weighted by molar-refractivity contribution is 5.89. The van der Waals surface area contributed by atoms with Crippen molar-refractivity contribution in [3.8, 4) is 0 Å². The molecule has 2 aliphatic rings. The fraction of sp³-hybridized carbons (Fsp3) is 0.545. The maximum absolute atomic E-state index is 13.5. The van der Waals surface area contributed by atoms with Crippen LogP contribution in [0.3, 0.4) is 0 Å². The predicted octanol–water partition coefficient (Wildman–Crippen LogP) is 3.80. The number of nitrogens with zero attached hydrogens (tertiary/aromatic N) is 3. The summed E-state index contributed by atoms with van der Waals surface area (Å²) in [5.41, 5.74) is 2.60. The molecule has 1 amide bonds. The van der Waals surface area contributed by atoms with E-state index in [0.717, 1.165) is 56.0 Å². The van der Waals surface area contributed by atoms with E-state index < -0.39 is 0 Å². The molecule has 0 radical (unpaired) electrons. The standard InChI is InChI=1S/C22H28FN3O2/c1-14-8-15(2)11-26(10-14)22(27)21-24-19-13-25(7-6-20(19)28-21)12-17-4-5-18(23)16(3)9-17/h4-5,9,14-15H,6-8,10-13H2,1-3H3/t14-,15+. The first-order valence-electron chi connectivity index (χ1n) is 10.1. The number of carbonyl (C=O) groups is 1. The molecule has 0 saturated carbocycles. The minimum Gasteiger partial charge on any atom is -0.437 e. The van der Waals surface area contributed by atoms with Crippen LogP contribution in [0.25, 0.3) is 0 Å². The lowest BCUT2D eigenvalue weighted by Gasteiger charge is -2.34. The summed E-state index contributed by atoms with van der Waals surface area (Å²) in [5.74, 6) is 1.80. The van der Waals surface area contributed by atoms with Crippen molar-refractivity contribution in [1.29, 1.82) is 0 Å². The number of hydrogen-bond donors (Lipinski definition) is 0. The second-order valence-electron chi connectivity index (χ2n) is 8.59. The molecule has 1 aromatic carbocycles. The Morgan fingerprint density at radius 1 is 1.29 bits per heavy atom. The molecule has 0 N–H and O–H groups in total. The summed E-state index contributed by atoms with van der Waals surface area (Å²) in [6.07, 6.45) is 1.90. The molecule has 0 spiro atoms. The summed E-state index contributed by atoms with van der Waals surface area (Å²) in [4.78, 5) is 21.6. The Kier molecular flexibility index (Phi) is 5.23. The molecule has 5 nitrogen and oxygen atoms in total. The monoisotopic (exact) mass is 385 g/mol. The van der Waals surface area contributed by atoms with E-state index in [1.165, 1.54) is 6.07 Å². The Balaban J connectivity index is 1.44. The quantitative estimate of drug-likeness (QED) is 0.806. The number of piperidine rings is 1. The average Bonchev–Trinajstić information content (AvgIpc) is 3.06. The van der Waals surface area contributed by atoms with Crippen molar-refractivity contribution in [3.05, 3.63) is 52.5 Å². The lowest BCUT2D eigenvalue weighted by molar-refractivity contribution is 0.0581. The van der Waals surface area contributed by atoms with Gasteiger partial charge in [0, 0.05) is 39.1 Å². The Morgan fingerprint density at radius 2 is 2.04 bits per heavy atom. The van der Waals surface area contributed by atoms with Gasteiger partial charge >= 0.3 is 5.91 Å². The highest BCUT2D eigenvalue weighted by Gasteiger charge is 2.31. The van der Waals surface area contributed by atoms with Gasteiger partial charge in [-0.25, -0.2) is 9.37 Å². The zero-order valence-electron chi connectivity index (χ0n) is 16.9. The minimum atomic E-state index is -0.175. The molecule has 3 heterocycles. The summed E-state index contributed by atoms with van der Waals surface area (Å²) >= 11 is 0. The van der Waals surface area contributed by atoms with Gasteiger partial charge in [0.25, 0.3) is 5.89 Å². The third-order valence-electron chi connectivity index (χ3n) is 5.77. The number of aromatic nitrogens is 1. The van der Waals surface area contributed by atoms with Crippen LogP contribution in [0.1, 0.15) is 53.5 Å². The summed E-state index contributed by atoms with van der Waals surface area (Å²) in [6.45, 7) is 9.91. The van der Waals surface area contributed by atoms with Gasteiger partial charge in [0.2, 0.25) is 0 Å². The van der Waals surface area contributed by atoms with Gasteiger partial charge < -0.3 is 9.32 Å². The molecule has 2 aliphatic heterocycles. The largest absolute Gasteiger partial charge is 0.437 e. The number of halogens is 1. The van der Waals surface area contributed by atoms with Crippen LogP contribution in [0.15, 0.2) is 22.6 Å². The number of amides is 1. The molecule has 1 saturated heterocycles. The zero-order chi connectivity index (χ0) is 19.8. The van der Waals surface area contributed by atoms with Crippen LogP contribution in [0.5, 0.6) is 0 Å². The lowest BCUT2D eigenvalue weighted by atomic mass is 9.92. The van der Waals surface area contributed by atoms with E-state index in [-0.39, 0.29) is 17.6 Å². The van der Waals surface area contributed by atoms with E-state index in [0.29, 0.717) is 23.9 Å². The normalized spacial score (nSPS) is 22.9. The van der Waals surface area contributed by atoms with Gasteiger partial charge in [-0.2, -0.15) is 0 Å². The Bertz CT molecular complexity index is 869. The van der Waals surface area contributed by atoms with Gasteiger partial charge in [-0.15, -0.1) is 0 Å². The second kappa shape index (κ2) is 7.66. The number of rotatable bonds is 3.